The summed E-state index contributed by atoms with van der Waals surface area (Å²) in [5, 5.41) is 3.26. The molecule has 0 spiro atoms. The highest BCUT2D eigenvalue weighted by molar-refractivity contribution is 6.30. The zero-order chi connectivity index (χ0) is 16.3. The topological polar surface area (TPSA) is 38.3 Å². The third-order valence-electron chi connectivity index (χ3n) is 2.88. The first-order valence-electron chi connectivity index (χ1n) is 6.13. The number of hydrogen-bond donors (Lipinski definition) is 1. The van der Waals surface area contributed by atoms with Gasteiger partial charge in [-0.25, -0.2) is 4.79 Å². The maximum Gasteiger partial charge on any atom is 0.416 e. The van der Waals surface area contributed by atoms with Crippen molar-refractivity contribution in [3.63, 3.8) is 0 Å². The molecule has 7 heteroatoms. The van der Waals surface area contributed by atoms with E-state index in [0.717, 1.165) is 25.3 Å². The maximum absolute atomic E-state index is 12.8. The van der Waals surface area contributed by atoms with Gasteiger partial charge in [-0.2, -0.15) is 13.2 Å². The number of esters is 1. The molecule has 0 amide bonds. The molecule has 1 N–H and O–H groups in total. The van der Waals surface area contributed by atoms with Crippen molar-refractivity contribution in [2.75, 3.05) is 12.4 Å². The highest BCUT2D eigenvalue weighted by Gasteiger charge is 2.31. The van der Waals surface area contributed by atoms with Gasteiger partial charge in [0.1, 0.15) is 0 Å². The molecule has 2 aromatic rings. The lowest BCUT2D eigenvalue weighted by molar-refractivity contribution is -0.137. The van der Waals surface area contributed by atoms with Crippen LogP contribution < -0.4 is 5.32 Å². The van der Waals surface area contributed by atoms with Crippen molar-refractivity contribution in [1.82, 2.24) is 0 Å². The molecule has 3 nitrogen and oxygen atoms in total. The normalized spacial score (nSPS) is 11.1. The minimum absolute atomic E-state index is 0.00370. The summed E-state index contributed by atoms with van der Waals surface area (Å²) in [5.41, 5.74) is -0.361. The number of alkyl halides is 3. The summed E-state index contributed by atoms with van der Waals surface area (Å²) >= 11 is 5.75. The lowest BCUT2D eigenvalue weighted by atomic mass is 10.1. The maximum atomic E-state index is 12.8. The number of carbonyl (C=O) groups excluding carboxylic acids is 1. The molecule has 0 atom stereocenters. The SMILES string of the molecule is COC(=O)c1ccc(C(F)(F)F)cc1Nc1ccc(Cl)cc1. The summed E-state index contributed by atoms with van der Waals surface area (Å²) in [6.07, 6.45) is -4.51. The molecule has 0 unspecified atom stereocenters. The van der Waals surface area contributed by atoms with E-state index in [1.54, 1.807) is 24.3 Å². The van der Waals surface area contributed by atoms with Gasteiger partial charge in [0, 0.05) is 10.7 Å². The first-order valence-corrected chi connectivity index (χ1v) is 6.51. The van der Waals surface area contributed by atoms with Crippen LogP contribution in [-0.2, 0) is 10.9 Å². The van der Waals surface area contributed by atoms with Crippen molar-refractivity contribution >= 4 is 28.9 Å². The summed E-state index contributed by atoms with van der Waals surface area (Å²) in [4.78, 5) is 11.7. The third kappa shape index (κ3) is 3.71. The highest BCUT2D eigenvalue weighted by Crippen LogP contribution is 2.33. The van der Waals surface area contributed by atoms with Crippen molar-refractivity contribution in [2.24, 2.45) is 0 Å². The van der Waals surface area contributed by atoms with E-state index in [1.807, 2.05) is 0 Å². The molecule has 0 saturated carbocycles. The van der Waals surface area contributed by atoms with Gasteiger partial charge in [-0.15, -0.1) is 0 Å². The number of benzene rings is 2. The minimum atomic E-state index is -4.51. The van der Waals surface area contributed by atoms with Gasteiger partial charge < -0.3 is 10.1 Å². The van der Waals surface area contributed by atoms with Crippen LogP contribution in [0.3, 0.4) is 0 Å². The van der Waals surface area contributed by atoms with E-state index in [0.29, 0.717) is 10.7 Å². The van der Waals surface area contributed by atoms with Crippen LogP contribution in [0.25, 0.3) is 0 Å². The summed E-state index contributed by atoms with van der Waals surface area (Å²) in [6.45, 7) is 0. The quantitative estimate of drug-likeness (QED) is 0.815. The van der Waals surface area contributed by atoms with E-state index in [4.69, 9.17) is 11.6 Å². The number of methoxy groups -OCH3 is 1. The molecular formula is C15H11ClF3NO2. The van der Waals surface area contributed by atoms with Gasteiger partial charge in [0.2, 0.25) is 0 Å². The number of carbonyl (C=O) groups is 1. The Bertz CT molecular complexity index is 684. The Morgan fingerprint density at radius 1 is 1.14 bits per heavy atom. The first-order chi connectivity index (χ1) is 10.3. The number of rotatable bonds is 3. The van der Waals surface area contributed by atoms with Gasteiger partial charge in [0.05, 0.1) is 23.9 Å². The molecule has 0 heterocycles. The summed E-state index contributed by atoms with van der Waals surface area (Å²) in [6, 6.07) is 9.10. The van der Waals surface area contributed by atoms with Crippen molar-refractivity contribution in [3.8, 4) is 0 Å². The minimum Gasteiger partial charge on any atom is -0.465 e. The van der Waals surface area contributed by atoms with Gasteiger partial charge in [-0.05, 0) is 42.5 Å². The van der Waals surface area contributed by atoms with Crippen LogP contribution in [0, 0.1) is 0 Å². The molecule has 0 aliphatic heterocycles. The molecular weight excluding hydrogens is 319 g/mol. The van der Waals surface area contributed by atoms with Gasteiger partial charge >= 0.3 is 12.1 Å². The zero-order valence-electron chi connectivity index (χ0n) is 11.4. The number of nitrogens with one attached hydrogen (secondary N) is 1. The average Bonchev–Trinajstić information content (AvgIpc) is 2.48. The summed E-state index contributed by atoms with van der Waals surface area (Å²) < 4.78 is 43.0. The van der Waals surface area contributed by atoms with Crippen LogP contribution in [0.5, 0.6) is 0 Å². The molecule has 0 aromatic heterocycles. The van der Waals surface area contributed by atoms with Crippen LogP contribution in [0.2, 0.25) is 5.02 Å². The highest BCUT2D eigenvalue weighted by atomic mass is 35.5. The summed E-state index contributed by atoms with van der Waals surface area (Å²) in [7, 11) is 1.16. The number of halogens is 4. The Balaban J connectivity index is 2.44. The van der Waals surface area contributed by atoms with Crippen LogP contribution in [0.15, 0.2) is 42.5 Å². The van der Waals surface area contributed by atoms with E-state index in [9.17, 15) is 18.0 Å². The van der Waals surface area contributed by atoms with Gasteiger partial charge in [0.15, 0.2) is 0 Å². The fraction of sp³-hybridized carbons (Fsp3) is 0.133. The van der Waals surface area contributed by atoms with Crippen LogP contribution in [-0.4, -0.2) is 13.1 Å². The lowest BCUT2D eigenvalue weighted by Gasteiger charge is -2.14. The second-order valence-electron chi connectivity index (χ2n) is 4.38. The average molecular weight is 330 g/mol. The second-order valence-corrected chi connectivity index (χ2v) is 4.82. The van der Waals surface area contributed by atoms with Gasteiger partial charge in [-0.1, -0.05) is 11.6 Å². The fourth-order valence-corrected chi connectivity index (χ4v) is 1.93. The molecule has 0 bridgehead atoms. The van der Waals surface area contributed by atoms with E-state index in [2.05, 4.69) is 10.1 Å². The molecule has 0 aliphatic rings. The molecule has 0 fully saturated rings. The molecule has 0 saturated heterocycles. The van der Waals surface area contributed by atoms with E-state index in [1.165, 1.54) is 0 Å². The van der Waals surface area contributed by atoms with Crippen LogP contribution >= 0.6 is 11.6 Å². The first kappa shape index (κ1) is 16.2. The standard InChI is InChI=1S/C15H11ClF3NO2/c1-22-14(21)12-7-2-9(15(17,18)19)8-13(12)20-11-5-3-10(16)4-6-11/h2-8,20H,1H3. The largest absolute Gasteiger partial charge is 0.465 e. The fourth-order valence-electron chi connectivity index (χ4n) is 1.80. The third-order valence-corrected chi connectivity index (χ3v) is 3.13. The molecule has 2 aromatic carbocycles. The molecule has 116 valence electrons. The smallest absolute Gasteiger partial charge is 0.416 e. The van der Waals surface area contributed by atoms with Crippen molar-refractivity contribution < 1.29 is 22.7 Å². The predicted molar refractivity (Wildman–Crippen MR) is 77.5 cm³/mol. The molecule has 0 radical (unpaired) electrons. The predicted octanol–water partition coefficient (Wildman–Crippen LogP) is 4.89. The zero-order valence-corrected chi connectivity index (χ0v) is 12.1. The molecule has 2 rings (SSSR count). The van der Waals surface area contributed by atoms with Crippen LogP contribution in [0.1, 0.15) is 15.9 Å². The van der Waals surface area contributed by atoms with Gasteiger partial charge in [-0.3, -0.25) is 0 Å². The van der Waals surface area contributed by atoms with Crippen molar-refractivity contribution in [3.05, 3.63) is 58.6 Å². The summed E-state index contributed by atoms with van der Waals surface area (Å²) in [5.74, 6) is -0.731. The number of ether oxygens (including phenoxy) is 1. The molecule has 22 heavy (non-hydrogen) atoms. The van der Waals surface area contributed by atoms with Crippen molar-refractivity contribution in [2.45, 2.75) is 6.18 Å². The van der Waals surface area contributed by atoms with E-state index < -0.39 is 17.7 Å². The Hall–Kier alpha value is -2.21. The van der Waals surface area contributed by atoms with E-state index >= 15 is 0 Å². The van der Waals surface area contributed by atoms with E-state index in [-0.39, 0.29) is 11.3 Å². The van der Waals surface area contributed by atoms with Gasteiger partial charge in [0.25, 0.3) is 0 Å². The number of anilines is 2. The Kier molecular flexibility index (Phi) is 4.61. The Morgan fingerprint density at radius 3 is 2.32 bits per heavy atom. The Labute approximate surface area is 129 Å². The monoisotopic (exact) mass is 329 g/mol. The molecule has 0 aliphatic carbocycles. The second kappa shape index (κ2) is 6.27. The Morgan fingerprint density at radius 2 is 1.77 bits per heavy atom. The van der Waals surface area contributed by atoms with Crippen LogP contribution in [0.4, 0.5) is 24.5 Å². The number of hydrogen-bond acceptors (Lipinski definition) is 3. The lowest BCUT2D eigenvalue weighted by Crippen LogP contribution is -2.10. The van der Waals surface area contributed by atoms with Crippen molar-refractivity contribution in [1.29, 1.82) is 0 Å².